The van der Waals surface area contributed by atoms with Crippen LogP contribution < -0.4 is 0 Å². The van der Waals surface area contributed by atoms with Gasteiger partial charge in [0.25, 0.3) is 0 Å². The van der Waals surface area contributed by atoms with Gasteiger partial charge in [0, 0.05) is 0 Å². The molecule has 0 N–H and O–H groups in total. The van der Waals surface area contributed by atoms with Crippen LogP contribution in [-0.4, -0.2) is 12.1 Å². The molecular formula is C10H17NO2. The van der Waals surface area contributed by atoms with Crippen LogP contribution in [0.3, 0.4) is 0 Å². The topological polar surface area (TPSA) is 50.1 Å². The molecule has 0 heterocycles. The molecule has 0 radical (unpaired) electrons. The fraction of sp³-hybridized carbons (Fsp3) is 0.800. The standard InChI is InChI=1S/C10H17NO2/c1-5-6-8(7-11)13-9(12)10(2,3)4/h8H,5-6H2,1-4H3. The Hall–Kier alpha value is -1.04. The zero-order chi connectivity index (χ0) is 10.5. The van der Waals surface area contributed by atoms with Crippen LogP contribution in [0.15, 0.2) is 0 Å². The molecule has 0 amide bonds. The predicted molar refractivity (Wildman–Crippen MR) is 49.9 cm³/mol. The van der Waals surface area contributed by atoms with Crippen LogP contribution in [0.4, 0.5) is 0 Å². The number of ether oxygens (including phenoxy) is 1. The van der Waals surface area contributed by atoms with E-state index < -0.39 is 11.5 Å². The summed E-state index contributed by atoms with van der Waals surface area (Å²) >= 11 is 0. The summed E-state index contributed by atoms with van der Waals surface area (Å²) < 4.78 is 5.00. The SMILES string of the molecule is CCCC(C#N)OC(=O)C(C)(C)C. The molecule has 0 aliphatic carbocycles. The lowest BCUT2D eigenvalue weighted by Crippen LogP contribution is -2.27. The molecule has 0 aliphatic heterocycles. The Morgan fingerprint density at radius 2 is 2.08 bits per heavy atom. The van der Waals surface area contributed by atoms with Crippen molar-refractivity contribution in [3.63, 3.8) is 0 Å². The summed E-state index contributed by atoms with van der Waals surface area (Å²) in [5.74, 6) is -0.312. The van der Waals surface area contributed by atoms with Gasteiger partial charge in [-0.25, -0.2) is 0 Å². The fourth-order valence-electron chi connectivity index (χ4n) is 0.718. The van der Waals surface area contributed by atoms with E-state index in [1.807, 2.05) is 13.0 Å². The number of esters is 1. The summed E-state index contributed by atoms with van der Waals surface area (Å²) in [5.41, 5.74) is -0.525. The van der Waals surface area contributed by atoms with Crippen LogP contribution in [0.25, 0.3) is 0 Å². The van der Waals surface area contributed by atoms with Gasteiger partial charge in [0.1, 0.15) is 6.07 Å². The maximum absolute atomic E-state index is 11.3. The Balaban J connectivity index is 4.12. The van der Waals surface area contributed by atoms with Crippen LogP contribution in [-0.2, 0) is 9.53 Å². The second kappa shape index (κ2) is 4.86. The van der Waals surface area contributed by atoms with Gasteiger partial charge in [-0.05, 0) is 27.2 Å². The van der Waals surface area contributed by atoms with Gasteiger partial charge in [-0.3, -0.25) is 4.79 Å². The van der Waals surface area contributed by atoms with Crippen molar-refractivity contribution in [1.29, 1.82) is 5.26 Å². The average Bonchev–Trinajstić information content (AvgIpc) is 2.01. The van der Waals surface area contributed by atoms with Gasteiger partial charge in [0.05, 0.1) is 5.41 Å². The highest BCUT2D eigenvalue weighted by Gasteiger charge is 2.25. The predicted octanol–water partition coefficient (Wildman–Crippen LogP) is 2.27. The maximum atomic E-state index is 11.3. The van der Waals surface area contributed by atoms with E-state index in [4.69, 9.17) is 10.00 Å². The first-order valence-electron chi connectivity index (χ1n) is 4.52. The third-order valence-corrected chi connectivity index (χ3v) is 1.56. The number of nitrogens with zero attached hydrogens (tertiary/aromatic N) is 1. The van der Waals surface area contributed by atoms with Gasteiger partial charge >= 0.3 is 5.97 Å². The number of rotatable bonds is 3. The molecule has 74 valence electrons. The minimum Gasteiger partial charge on any atom is -0.447 e. The number of hydrogen-bond donors (Lipinski definition) is 0. The van der Waals surface area contributed by atoms with Crippen molar-refractivity contribution in [2.45, 2.75) is 46.6 Å². The molecule has 0 bridgehead atoms. The summed E-state index contributed by atoms with van der Waals surface area (Å²) in [4.78, 5) is 11.3. The van der Waals surface area contributed by atoms with Crippen molar-refractivity contribution in [1.82, 2.24) is 0 Å². The molecule has 0 aromatic rings. The van der Waals surface area contributed by atoms with Gasteiger partial charge in [0.15, 0.2) is 6.10 Å². The minimum absolute atomic E-state index is 0.312. The van der Waals surface area contributed by atoms with Gasteiger partial charge in [-0.15, -0.1) is 0 Å². The molecule has 0 aromatic carbocycles. The van der Waals surface area contributed by atoms with Crippen molar-refractivity contribution in [3.8, 4) is 6.07 Å². The third kappa shape index (κ3) is 4.51. The van der Waals surface area contributed by atoms with E-state index in [2.05, 4.69) is 0 Å². The van der Waals surface area contributed by atoms with Crippen LogP contribution in [0.5, 0.6) is 0 Å². The van der Waals surface area contributed by atoms with E-state index in [1.54, 1.807) is 20.8 Å². The molecule has 0 spiro atoms. The molecule has 0 aromatic heterocycles. The van der Waals surface area contributed by atoms with Gasteiger partial charge < -0.3 is 4.74 Å². The largest absolute Gasteiger partial charge is 0.447 e. The number of carbonyl (C=O) groups excluding carboxylic acids is 1. The molecule has 0 saturated carbocycles. The van der Waals surface area contributed by atoms with Crippen LogP contribution in [0.2, 0.25) is 0 Å². The highest BCUT2D eigenvalue weighted by molar-refractivity contribution is 5.75. The first-order valence-corrected chi connectivity index (χ1v) is 4.52. The smallest absolute Gasteiger partial charge is 0.312 e. The molecule has 1 atom stereocenters. The molecule has 3 heteroatoms. The van der Waals surface area contributed by atoms with Crippen molar-refractivity contribution in [2.24, 2.45) is 5.41 Å². The Kier molecular flexibility index (Phi) is 4.47. The normalized spacial score (nSPS) is 13.2. The first-order chi connectivity index (χ1) is 5.91. The molecule has 0 saturated heterocycles. The number of carbonyl (C=O) groups is 1. The quantitative estimate of drug-likeness (QED) is 0.630. The lowest BCUT2D eigenvalue weighted by Gasteiger charge is -2.18. The van der Waals surface area contributed by atoms with E-state index in [1.165, 1.54) is 0 Å². The van der Waals surface area contributed by atoms with Gasteiger partial charge in [-0.1, -0.05) is 13.3 Å². The van der Waals surface area contributed by atoms with E-state index >= 15 is 0 Å². The average molecular weight is 183 g/mol. The maximum Gasteiger partial charge on any atom is 0.312 e. The zero-order valence-corrected chi connectivity index (χ0v) is 8.76. The number of nitriles is 1. The van der Waals surface area contributed by atoms with Crippen molar-refractivity contribution < 1.29 is 9.53 Å². The van der Waals surface area contributed by atoms with E-state index in [0.29, 0.717) is 6.42 Å². The molecule has 3 nitrogen and oxygen atoms in total. The molecule has 13 heavy (non-hydrogen) atoms. The van der Waals surface area contributed by atoms with Crippen molar-refractivity contribution in [2.75, 3.05) is 0 Å². The summed E-state index contributed by atoms with van der Waals surface area (Å²) in [6, 6.07) is 1.96. The molecule has 0 fully saturated rings. The lowest BCUT2D eigenvalue weighted by molar-refractivity contribution is -0.156. The minimum atomic E-state index is -0.586. The van der Waals surface area contributed by atoms with E-state index in [9.17, 15) is 4.79 Å². The third-order valence-electron chi connectivity index (χ3n) is 1.56. The Morgan fingerprint density at radius 1 is 1.54 bits per heavy atom. The second-order valence-electron chi connectivity index (χ2n) is 4.06. The van der Waals surface area contributed by atoms with Crippen molar-refractivity contribution >= 4 is 5.97 Å². The van der Waals surface area contributed by atoms with Crippen LogP contribution in [0.1, 0.15) is 40.5 Å². The Morgan fingerprint density at radius 3 is 2.38 bits per heavy atom. The summed E-state index contributed by atoms with van der Waals surface area (Å²) in [6.45, 7) is 7.27. The highest BCUT2D eigenvalue weighted by Crippen LogP contribution is 2.17. The molecule has 0 rings (SSSR count). The first kappa shape index (κ1) is 12.0. The summed E-state index contributed by atoms with van der Waals surface area (Å²) in [7, 11) is 0. The second-order valence-corrected chi connectivity index (χ2v) is 4.06. The number of hydrogen-bond acceptors (Lipinski definition) is 3. The highest BCUT2D eigenvalue weighted by atomic mass is 16.5. The van der Waals surface area contributed by atoms with Crippen molar-refractivity contribution in [3.05, 3.63) is 0 Å². The monoisotopic (exact) mass is 183 g/mol. The van der Waals surface area contributed by atoms with Crippen LogP contribution >= 0.6 is 0 Å². The van der Waals surface area contributed by atoms with E-state index in [-0.39, 0.29) is 5.97 Å². The molecule has 0 aliphatic rings. The Bertz CT molecular complexity index is 210. The molecular weight excluding hydrogens is 166 g/mol. The Labute approximate surface area is 79.7 Å². The summed E-state index contributed by atoms with van der Waals surface area (Å²) in [5, 5.41) is 8.64. The summed E-state index contributed by atoms with van der Waals surface area (Å²) in [6.07, 6.45) is 0.866. The van der Waals surface area contributed by atoms with Crippen LogP contribution in [0, 0.1) is 16.7 Å². The van der Waals surface area contributed by atoms with E-state index in [0.717, 1.165) is 6.42 Å². The van der Waals surface area contributed by atoms with Gasteiger partial charge in [0.2, 0.25) is 0 Å². The molecule has 1 unspecified atom stereocenters. The zero-order valence-electron chi connectivity index (χ0n) is 8.76. The fourth-order valence-corrected chi connectivity index (χ4v) is 0.718. The lowest BCUT2D eigenvalue weighted by atomic mass is 9.97. The van der Waals surface area contributed by atoms with Gasteiger partial charge in [-0.2, -0.15) is 5.26 Å².